The number of Topliss-reactive ketones (excluding diaryl/α,β-unsaturated/α-hetero) is 1. The van der Waals surface area contributed by atoms with E-state index >= 15 is 0 Å². The van der Waals surface area contributed by atoms with Crippen LogP contribution in [0.2, 0.25) is 10.2 Å². The normalized spacial score (nSPS) is 11.3. The van der Waals surface area contributed by atoms with E-state index in [9.17, 15) is 4.79 Å². The van der Waals surface area contributed by atoms with Crippen LogP contribution < -0.4 is 4.74 Å². The van der Waals surface area contributed by atoms with Crippen LogP contribution in [0.15, 0.2) is 24.5 Å². The summed E-state index contributed by atoms with van der Waals surface area (Å²) in [6, 6.07) is 3.42. The summed E-state index contributed by atoms with van der Waals surface area (Å²) < 4.78 is 7.03. The van der Waals surface area contributed by atoms with Crippen LogP contribution in [0.5, 0.6) is 5.88 Å². The van der Waals surface area contributed by atoms with Crippen molar-refractivity contribution in [1.82, 2.24) is 19.6 Å². The Hall–Kier alpha value is -2.18. The molecule has 0 aromatic carbocycles. The Labute approximate surface area is 167 Å². The molecule has 27 heavy (non-hydrogen) atoms. The van der Waals surface area contributed by atoms with Gasteiger partial charge in [-0.05, 0) is 30.0 Å². The number of hydrogen-bond donors (Lipinski definition) is 0. The topological polar surface area (TPSA) is 69.4 Å². The molecule has 0 aliphatic heterocycles. The first-order chi connectivity index (χ1) is 12.9. The summed E-state index contributed by atoms with van der Waals surface area (Å²) in [7, 11) is 0. The fraction of sp³-hybridized carbons (Fsp3) is 0.368. The van der Waals surface area contributed by atoms with E-state index in [0.29, 0.717) is 28.3 Å². The van der Waals surface area contributed by atoms with Crippen LogP contribution in [0.4, 0.5) is 0 Å². The highest BCUT2D eigenvalue weighted by Gasteiger charge is 2.17. The van der Waals surface area contributed by atoms with Crippen LogP contribution in [0.3, 0.4) is 0 Å². The van der Waals surface area contributed by atoms with Gasteiger partial charge in [0, 0.05) is 31.3 Å². The standard InChI is InChI=1S/C19H20Cl2N4O2/c1-4-27-19-15(20)6-12(9-23-19)5-14(26)7-13-10-22-17-8-16(21)24-25(17)18(13)11(2)3/h6,8-11H,4-5,7H2,1-3H3. The highest BCUT2D eigenvalue weighted by Crippen LogP contribution is 2.24. The van der Waals surface area contributed by atoms with E-state index in [1.165, 1.54) is 0 Å². The second kappa shape index (κ2) is 8.23. The highest BCUT2D eigenvalue weighted by molar-refractivity contribution is 6.31. The van der Waals surface area contributed by atoms with Gasteiger partial charge in [0.05, 0.1) is 12.3 Å². The minimum atomic E-state index is 0.0401. The lowest BCUT2D eigenvalue weighted by molar-refractivity contribution is -0.117. The quantitative estimate of drug-likeness (QED) is 0.584. The van der Waals surface area contributed by atoms with E-state index in [2.05, 4.69) is 28.9 Å². The molecule has 3 aromatic heterocycles. The summed E-state index contributed by atoms with van der Waals surface area (Å²) in [6.07, 6.45) is 3.82. The zero-order valence-corrected chi connectivity index (χ0v) is 16.9. The molecule has 0 bridgehead atoms. The fourth-order valence-corrected chi connectivity index (χ4v) is 3.43. The Morgan fingerprint density at radius 3 is 2.63 bits per heavy atom. The van der Waals surface area contributed by atoms with E-state index in [0.717, 1.165) is 16.8 Å². The first kappa shape index (κ1) is 19.6. The molecule has 0 N–H and O–H groups in total. The maximum Gasteiger partial charge on any atom is 0.232 e. The van der Waals surface area contributed by atoms with Crippen molar-refractivity contribution < 1.29 is 9.53 Å². The van der Waals surface area contributed by atoms with Crippen LogP contribution in [0, 0.1) is 0 Å². The van der Waals surface area contributed by atoms with Gasteiger partial charge in [-0.15, -0.1) is 0 Å². The predicted molar refractivity (Wildman–Crippen MR) is 105 cm³/mol. The molecule has 3 aromatic rings. The number of hydrogen-bond acceptors (Lipinski definition) is 5. The molecule has 0 amide bonds. The highest BCUT2D eigenvalue weighted by atomic mass is 35.5. The third-order valence-corrected chi connectivity index (χ3v) is 4.51. The number of pyridine rings is 1. The van der Waals surface area contributed by atoms with E-state index < -0.39 is 0 Å². The van der Waals surface area contributed by atoms with E-state index in [-0.39, 0.29) is 24.5 Å². The van der Waals surface area contributed by atoms with Crippen molar-refractivity contribution in [1.29, 1.82) is 0 Å². The average molecular weight is 407 g/mol. The zero-order valence-electron chi connectivity index (χ0n) is 15.4. The van der Waals surface area contributed by atoms with Gasteiger partial charge in [-0.1, -0.05) is 37.0 Å². The summed E-state index contributed by atoms with van der Waals surface area (Å²) in [5.41, 5.74) is 3.19. The van der Waals surface area contributed by atoms with Crippen molar-refractivity contribution in [3.63, 3.8) is 0 Å². The van der Waals surface area contributed by atoms with Crippen molar-refractivity contribution in [2.24, 2.45) is 0 Å². The van der Waals surface area contributed by atoms with Gasteiger partial charge in [-0.3, -0.25) is 4.79 Å². The lowest BCUT2D eigenvalue weighted by atomic mass is 9.99. The monoisotopic (exact) mass is 406 g/mol. The van der Waals surface area contributed by atoms with Crippen molar-refractivity contribution in [2.45, 2.75) is 39.5 Å². The summed E-state index contributed by atoms with van der Waals surface area (Å²) in [6.45, 7) is 6.44. The van der Waals surface area contributed by atoms with Crippen LogP contribution >= 0.6 is 23.2 Å². The van der Waals surface area contributed by atoms with Crippen LogP contribution in [-0.4, -0.2) is 32.0 Å². The molecule has 142 valence electrons. The molecule has 3 rings (SSSR count). The molecule has 0 saturated heterocycles. The molecule has 0 aliphatic carbocycles. The third kappa shape index (κ3) is 4.39. The van der Waals surface area contributed by atoms with Gasteiger partial charge < -0.3 is 4.74 Å². The Balaban J connectivity index is 1.82. The van der Waals surface area contributed by atoms with E-state index in [4.69, 9.17) is 27.9 Å². The minimum Gasteiger partial charge on any atom is -0.477 e. The summed E-state index contributed by atoms with van der Waals surface area (Å²) in [5.74, 6) is 0.580. The fourth-order valence-electron chi connectivity index (χ4n) is 3.02. The predicted octanol–water partition coefficient (Wildman–Crippen LogP) is 4.31. The van der Waals surface area contributed by atoms with Gasteiger partial charge in [0.25, 0.3) is 0 Å². The van der Waals surface area contributed by atoms with Gasteiger partial charge >= 0.3 is 0 Å². The summed E-state index contributed by atoms with van der Waals surface area (Å²) >= 11 is 12.2. The number of halogens is 2. The molecule has 8 heteroatoms. The molecule has 3 heterocycles. The second-order valence-electron chi connectivity index (χ2n) is 6.52. The molecular weight excluding hydrogens is 387 g/mol. The van der Waals surface area contributed by atoms with Gasteiger partial charge in [-0.25, -0.2) is 14.5 Å². The Morgan fingerprint density at radius 2 is 1.96 bits per heavy atom. The number of ketones is 1. The lowest BCUT2D eigenvalue weighted by Gasteiger charge is -2.14. The van der Waals surface area contributed by atoms with Crippen molar-refractivity contribution in [3.05, 3.63) is 51.5 Å². The molecular formula is C19H20Cl2N4O2. The molecule has 0 radical (unpaired) electrons. The number of rotatable bonds is 7. The Kier molecular flexibility index (Phi) is 5.97. The number of carbonyl (C=O) groups excluding carboxylic acids is 1. The summed E-state index contributed by atoms with van der Waals surface area (Å²) in [5, 5.41) is 5.07. The van der Waals surface area contributed by atoms with Gasteiger partial charge in [-0.2, -0.15) is 5.10 Å². The molecule has 0 spiro atoms. The Bertz CT molecular complexity index is 985. The van der Waals surface area contributed by atoms with Crippen molar-refractivity contribution in [2.75, 3.05) is 6.61 Å². The van der Waals surface area contributed by atoms with Gasteiger partial charge in [0.2, 0.25) is 5.88 Å². The number of carbonyl (C=O) groups is 1. The maximum absolute atomic E-state index is 12.6. The van der Waals surface area contributed by atoms with Gasteiger partial charge in [0.1, 0.15) is 10.8 Å². The molecule has 0 unspecified atom stereocenters. The average Bonchev–Trinajstić information content (AvgIpc) is 2.97. The number of ether oxygens (including phenoxy) is 1. The number of nitrogens with zero attached hydrogens (tertiary/aromatic N) is 4. The second-order valence-corrected chi connectivity index (χ2v) is 7.31. The maximum atomic E-state index is 12.6. The van der Waals surface area contributed by atoms with Crippen LogP contribution in [-0.2, 0) is 17.6 Å². The van der Waals surface area contributed by atoms with Crippen LogP contribution in [0.1, 0.15) is 43.5 Å². The lowest BCUT2D eigenvalue weighted by Crippen LogP contribution is -2.13. The Morgan fingerprint density at radius 1 is 1.19 bits per heavy atom. The van der Waals surface area contributed by atoms with Crippen molar-refractivity contribution >= 4 is 34.6 Å². The third-order valence-electron chi connectivity index (χ3n) is 4.05. The van der Waals surface area contributed by atoms with E-state index in [1.807, 2.05) is 6.92 Å². The minimum absolute atomic E-state index is 0.0401. The van der Waals surface area contributed by atoms with Crippen molar-refractivity contribution in [3.8, 4) is 5.88 Å². The zero-order chi connectivity index (χ0) is 19.6. The number of fused-ring (bicyclic) bond motifs is 1. The first-order valence-corrected chi connectivity index (χ1v) is 9.46. The number of aromatic nitrogens is 4. The SMILES string of the molecule is CCOc1ncc(CC(=O)Cc2cnc3cc(Cl)nn3c2C(C)C)cc1Cl. The van der Waals surface area contributed by atoms with Gasteiger partial charge in [0.15, 0.2) is 10.8 Å². The molecule has 0 saturated carbocycles. The summed E-state index contributed by atoms with van der Waals surface area (Å²) in [4.78, 5) is 21.2. The van der Waals surface area contributed by atoms with E-state index in [1.54, 1.807) is 29.0 Å². The molecule has 0 aliphatic rings. The smallest absolute Gasteiger partial charge is 0.232 e. The largest absolute Gasteiger partial charge is 0.477 e. The first-order valence-electron chi connectivity index (χ1n) is 8.71. The molecule has 6 nitrogen and oxygen atoms in total. The molecule has 0 atom stereocenters. The van der Waals surface area contributed by atoms with Crippen LogP contribution in [0.25, 0.3) is 5.65 Å². The molecule has 0 fully saturated rings.